The van der Waals surface area contributed by atoms with E-state index >= 15 is 0 Å². The second-order valence-electron chi connectivity index (χ2n) is 27.2. The zero-order valence-corrected chi connectivity index (χ0v) is 65.0. The molecule has 0 aromatic heterocycles. The molecule has 2 aromatic carbocycles. The highest BCUT2D eigenvalue weighted by atomic mass is 32.2. The lowest BCUT2D eigenvalue weighted by Crippen LogP contribution is -2.69. The van der Waals surface area contributed by atoms with Crippen molar-refractivity contribution in [2.45, 2.75) is 231 Å². The lowest BCUT2D eigenvalue weighted by Gasteiger charge is -2.52. The first-order valence-electron chi connectivity index (χ1n) is 35.7. The third kappa shape index (κ3) is 18.0. The quantitative estimate of drug-likeness (QED) is 0.0858. The fourth-order valence-corrected chi connectivity index (χ4v) is 17.8. The van der Waals surface area contributed by atoms with Gasteiger partial charge in [-0.25, -0.2) is 0 Å². The largest absolute Gasteiger partial charge is 0.394 e. The Morgan fingerprint density at radius 2 is 0.445 bits per heavy atom. The van der Waals surface area contributed by atoms with Crippen LogP contribution in [-0.2, 0) is 168 Å². The molecular formula is C69H106O39S2. The van der Waals surface area contributed by atoms with E-state index in [2.05, 4.69) is 0 Å². The van der Waals surface area contributed by atoms with Gasteiger partial charge in [0.2, 0.25) is 0 Å². The molecule has 17 fully saturated rings. The Labute approximate surface area is 637 Å². The molecule has 41 heteroatoms. The normalized spacial score (nSPS) is 44.2. The lowest BCUT2D eigenvalue weighted by atomic mass is 9.94. The van der Waals surface area contributed by atoms with Gasteiger partial charge in [0.15, 0.2) is 44.0 Å². The van der Waals surface area contributed by atoms with Crippen LogP contribution in [0.15, 0.2) is 58.3 Å². The molecule has 2 aromatic rings. The number of methoxy groups -OCH3 is 14. The van der Waals surface area contributed by atoms with Crippen LogP contribution < -0.4 is 0 Å². The minimum atomic E-state index is -4.73. The van der Waals surface area contributed by atoms with Gasteiger partial charge in [0.25, 0.3) is 20.2 Å². The van der Waals surface area contributed by atoms with Crippen molar-refractivity contribution in [3.63, 3.8) is 0 Å². The zero-order valence-electron chi connectivity index (χ0n) is 63.4. The molecule has 0 amide bonds. The predicted molar refractivity (Wildman–Crippen MR) is 363 cm³/mol. The molecule has 0 aliphatic carbocycles. The number of aliphatic hydroxyl groups is 5. The summed E-state index contributed by atoms with van der Waals surface area (Å²) in [5, 5.41) is 56.9. The first-order chi connectivity index (χ1) is 53.1. The summed E-state index contributed by atoms with van der Waals surface area (Å²) in [5.41, 5.74) is 1.20. The van der Waals surface area contributed by atoms with E-state index in [9.17, 15) is 42.4 Å². The average Bonchev–Trinajstić information content (AvgIpc) is 0.771. The second kappa shape index (κ2) is 39.5. The number of aliphatic hydroxyl groups excluding tert-OH is 5. The Morgan fingerprint density at radius 1 is 0.264 bits per heavy atom. The molecular weight excluding hydrogens is 1520 g/mol. The molecule has 29 rings (SSSR count). The average molecular weight is 1620 g/mol. The molecule has 35 atom stereocenters. The van der Waals surface area contributed by atoms with Gasteiger partial charge in [0, 0.05) is 99.5 Å². The van der Waals surface area contributed by atoms with E-state index in [1.54, 1.807) is 24.3 Å². The Bertz CT molecular complexity index is 3340. The molecule has 110 heavy (non-hydrogen) atoms. The topological polar surface area (TPSA) is 446 Å². The molecule has 27 heterocycles. The van der Waals surface area contributed by atoms with Crippen LogP contribution in [0.4, 0.5) is 0 Å². The van der Waals surface area contributed by atoms with Gasteiger partial charge in [-0.15, -0.1) is 0 Å². The molecule has 27 aliphatic heterocycles. The number of hydrogen-bond acceptors (Lipinski definition) is 39. The van der Waals surface area contributed by atoms with Gasteiger partial charge in [0.1, 0.15) is 171 Å². The first kappa shape index (κ1) is 87.8. The van der Waals surface area contributed by atoms with E-state index < -0.39 is 281 Å². The van der Waals surface area contributed by atoms with Crippen LogP contribution in [0.5, 0.6) is 0 Å². The van der Waals surface area contributed by atoms with Gasteiger partial charge in [-0.1, -0.05) is 24.3 Å². The number of benzene rings is 2. The van der Waals surface area contributed by atoms with Crippen LogP contribution in [0.2, 0.25) is 0 Å². The maximum atomic E-state index is 14.6. The first-order valence-corrected chi connectivity index (χ1v) is 38.5. The maximum absolute atomic E-state index is 14.6. The molecule has 0 radical (unpaired) electrons. The standard InChI is InChI=1S/C69H106O39S2/c1-79-49-42-35(24-70)95-63(56(49)86-8)103-43-36(25-71)98-66(59(89-11)50(43)80-2)107-47-40-29-93-109(75,76)33-19-15-31(16-20-33)23-32-17-21-34(22-18-32)110(77,78)94-30-41-48(55(85-7)61(91-13)68(100-41)105-45-38(27-73)96-64(102-42)57(87-9)52(45)82-4)108-67-60(90-12)51(81-3)44(37(26-72)99-67)104-65-58(88-10)53(83-5)46(39(28-74)97-65)106-69(101-40)62(92-14)54(47)84-6/h15-22,35-74H,23-30H2,1-14H3/t35-,36+,37-,38+,39+,40-,41-,42+,43+,44-,45-,46-,47-,48+,49-,50-,51-,52+,53-,54+,55+,56-,57-,58-,59-,60-,61-,62-,63-,64-,65-,66-,67-,68-,69-/m0/s1. The number of rotatable bonds is 19. The summed E-state index contributed by atoms with van der Waals surface area (Å²) >= 11 is 0. The Morgan fingerprint density at radius 3 is 0.636 bits per heavy atom. The minimum absolute atomic E-state index is 0.179. The van der Waals surface area contributed by atoms with Crippen LogP contribution in [0, 0.1) is 0 Å². The molecule has 0 saturated carbocycles. The summed E-state index contributed by atoms with van der Waals surface area (Å²) in [7, 11) is 9.11. The van der Waals surface area contributed by atoms with Gasteiger partial charge in [-0.2, -0.15) is 16.8 Å². The SMILES string of the molecule is CO[C@@H]1[C@H](OC)[C@@H]2O[C@H]3[C@@H](OC)[C@H](OC)[C@@H]4O[C@@H]5[C@@H](OC)[C@H](OC)[C@H](O[C@H]6[C@H](OC)[C@H](OC)[C@H](O[C@H]7[C@H](OC)[C@H](OC)[C@H](O[C@@H]8[C@@H](OC)[C@H](OC)[C@H](O[C@@H]9[C@H](OC)[C@H](OC)[C@H](O[C@H]1[C@H](CO)O2)O[C@@H]9CO)O[C@H]8COS(=O)(=O)c1ccc(cc1)Cc1ccc(cc1)S(=O)(=O)OC[C@@H]3O4)O[C@@H]7CO)O[C@H]6CO)O[C@@H]5CO. The maximum Gasteiger partial charge on any atom is 0.297 e. The van der Waals surface area contributed by atoms with Gasteiger partial charge in [0.05, 0.1) is 56.0 Å². The smallest absolute Gasteiger partial charge is 0.297 e. The molecule has 20 bridgehead atoms. The van der Waals surface area contributed by atoms with Crippen molar-refractivity contribution >= 4 is 20.2 Å². The third-order valence-electron chi connectivity index (χ3n) is 21.5. The van der Waals surface area contributed by atoms with Gasteiger partial charge in [-0.3, -0.25) is 8.37 Å². The van der Waals surface area contributed by atoms with E-state index in [1.807, 2.05) is 0 Å². The van der Waals surface area contributed by atoms with Gasteiger partial charge >= 0.3 is 0 Å². The summed E-state index contributed by atoms with van der Waals surface area (Å²) in [6, 6.07) is 11.5. The van der Waals surface area contributed by atoms with Crippen LogP contribution in [-0.4, -0.2) is 403 Å². The molecule has 0 spiro atoms. The Balaban J connectivity index is 1.07. The Kier molecular flexibility index (Phi) is 31.5. The third-order valence-corrected chi connectivity index (χ3v) is 24.1. The van der Waals surface area contributed by atoms with Crippen LogP contribution in [0.25, 0.3) is 0 Å². The summed E-state index contributed by atoms with van der Waals surface area (Å²) in [5.74, 6) is 0. The van der Waals surface area contributed by atoms with Crippen LogP contribution in [0.1, 0.15) is 11.1 Å². The van der Waals surface area contributed by atoms with Crippen molar-refractivity contribution in [2.24, 2.45) is 0 Å². The van der Waals surface area contributed by atoms with Crippen molar-refractivity contribution in [1.29, 1.82) is 0 Å². The lowest BCUT2D eigenvalue weighted by molar-refractivity contribution is -0.402. The summed E-state index contributed by atoms with van der Waals surface area (Å²) in [6.07, 6.45) is -49.0. The van der Waals surface area contributed by atoms with Crippen molar-refractivity contribution in [2.75, 3.05) is 146 Å². The van der Waals surface area contributed by atoms with E-state index in [4.69, 9.17) is 141 Å². The van der Waals surface area contributed by atoms with Crippen molar-refractivity contribution in [3.8, 4) is 0 Å². The zero-order chi connectivity index (χ0) is 79.0. The minimum Gasteiger partial charge on any atom is -0.394 e. The van der Waals surface area contributed by atoms with Crippen LogP contribution in [0.3, 0.4) is 0 Å². The molecule has 628 valence electrons. The van der Waals surface area contributed by atoms with E-state index in [1.165, 1.54) is 124 Å². The second-order valence-corrected chi connectivity index (χ2v) is 30.4. The molecule has 0 unspecified atom stereocenters. The number of ether oxygens (including phenoxy) is 28. The van der Waals surface area contributed by atoms with Crippen molar-refractivity contribution in [1.82, 2.24) is 0 Å². The highest BCUT2D eigenvalue weighted by molar-refractivity contribution is 7.87. The fourth-order valence-electron chi connectivity index (χ4n) is 16.0. The highest BCUT2D eigenvalue weighted by Crippen LogP contribution is 2.43. The van der Waals surface area contributed by atoms with Crippen molar-refractivity contribution in [3.05, 3.63) is 59.7 Å². The molecule has 27 aliphatic rings. The fraction of sp³-hybridized carbons (Fsp3) is 0.826. The monoisotopic (exact) mass is 1620 g/mol. The number of fused-ring (bicyclic) bond motifs is 2. The van der Waals surface area contributed by atoms with Gasteiger partial charge < -0.3 is 158 Å². The van der Waals surface area contributed by atoms with Crippen molar-refractivity contribution < 1.29 is 183 Å². The van der Waals surface area contributed by atoms with E-state index in [0.717, 1.165) is 0 Å². The number of hydrogen-bond donors (Lipinski definition) is 5. The molecule has 5 N–H and O–H groups in total. The van der Waals surface area contributed by atoms with E-state index in [0.29, 0.717) is 11.1 Å². The molecule has 39 nitrogen and oxygen atoms in total. The van der Waals surface area contributed by atoms with Crippen LogP contribution >= 0.6 is 0 Å². The predicted octanol–water partition coefficient (Wildman–Crippen LogP) is -3.34. The van der Waals surface area contributed by atoms with E-state index in [-0.39, 0.29) is 16.2 Å². The van der Waals surface area contributed by atoms with Gasteiger partial charge in [-0.05, 0) is 41.8 Å². The summed E-state index contributed by atoms with van der Waals surface area (Å²) < 4.78 is 251. The summed E-state index contributed by atoms with van der Waals surface area (Å²) in [4.78, 5) is -0.582. The molecule has 17 saturated heterocycles. The highest BCUT2D eigenvalue weighted by Gasteiger charge is 2.62. The Hall–Kier alpha value is -3.06. The summed E-state index contributed by atoms with van der Waals surface area (Å²) in [6.45, 7) is -5.61.